The van der Waals surface area contributed by atoms with Crippen LogP contribution in [0.25, 0.3) is 43.8 Å². The largest absolute Gasteiger partial charge is 1.00 e. The van der Waals surface area contributed by atoms with E-state index in [2.05, 4.69) is 140 Å². The van der Waals surface area contributed by atoms with Crippen molar-refractivity contribution >= 4 is 26.4 Å². The maximum atomic E-state index is 3.25. The summed E-state index contributed by atoms with van der Waals surface area (Å²) in [6.07, 6.45) is 0. The van der Waals surface area contributed by atoms with E-state index in [1.54, 1.807) is 20.0 Å². The predicted octanol–water partition coefficient (Wildman–Crippen LogP) is 3.04. The van der Waals surface area contributed by atoms with Gasteiger partial charge in [-0.25, -0.2) is 0 Å². The van der Waals surface area contributed by atoms with Gasteiger partial charge in [-0.15, -0.1) is 45.8 Å². The molecule has 0 unspecified atom stereocenters. The summed E-state index contributed by atoms with van der Waals surface area (Å²) in [5, 5.41) is 5.39. The van der Waals surface area contributed by atoms with Crippen molar-refractivity contribution in [1.82, 2.24) is 0 Å². The molecule has 0 heterocycles. The molecule has 0 radical (unpaired) electrons. The van der Waals surface area contributed by atoms with E-state index >= 15 is 0 Å². The first kappa shape index (κ1) is 29.5. The Labute approximate surface area is 238 Å². The summed E-state index contributed by atoms with van der Waals surface area (Å²) in [7, 11) is 0. The Kier molecular flexibility index (Phi) is 11.6. The summed E-state index contributed by atoms with van der Waals surface area (Å²) in [5.41, 5.74) is 7.86. The molecule has 6 aromatic carbocycles. The van der Waals surface area contributed by atoms with Gasteiger partial charge in [-0.05, 0) is 22.3 Å². The second-order valence-corrected chi connectivity index (χ2v) is 8.37. The number of hydrogen-bond donors (Lipinski definition) is 0. The van der Waals surface area contributed by atoms with Crippen LogP contribution in [0.15, 0.2) is 121 Å². The van der Waals surface area contributed by atoms with E-state index in [0.29, 0.717) is 0 Å². The van der Waals surface area contributed by atoms with Crippen LogP contribution in [0, 0.1) is 13.8 Å². The molecule has 0 atom stereocenters. The monoisotopic (exact) mass is 542 g/mol. The molecule has 6 rings (SSSR count). The Balaban J connectivity index is 0.000000226. The second kappa shape index (κ2) is 14.1. The summed E-state index contributed by atoms with van der Waals surface area (Å²) < 4.78 is 0. The summed E-state index contributed by atoms with van der Waals surface area (Å²) in [6.45, 7) is 4.33. The molecular formula is C33H28Cl2Ti-2. The van der Waals surface area contributed by atoms with Crippen molar-refractivity contribution in [1.29, 1.82) is 0 Å². The standard InChI is InChI=1S/2C16H13.CH2.2ClH.Ti/c2*1-12-7-8-14-9-10-15(11-16(12)14)13-5-3-2-4-6-13;;;;/h2*2-11H,1H3;1H2;2*1H;/q2*-1;;;;+2/p-2. The van der Waals surface area contributed by atoms with Crippen molar-refractivity contribution in [3.8, 4) is 22.3 Å². The molecule has 6 aromatic rings. The molecule has 36 heavy (non-hydrogen) atoms. The van der Waals surface area contributed by atoms with Gasteiger partial charge in [0, 0.05) is 0 Å². The van der Waals surface area contributed by atoms with Gasteiger partial charge in [0.25, 0.3) is 0 Å². The van der Waals surface area contributed by atoms with Gasteiger partial charge in [0.05, 0.1) is 0 Å². The summed E-state index contributed by atoms with van der Waals surface area (Å²) in [5.74, 6) is 0. The van der Waals surface area contributed by atoms with Gasteiger partial charge in [0.2, 0.25) is 0 Å². The Morgan fingerprint density at radius 2 is 0.861 bits per heavy atom. The topological polar surface area (TPSA) is 0 Å². The Morgan fingerprint density at radius 3 is 1.22 bits per heavy atom. The molecule has 180 valence electrons. The van der Waals surface area contributed by atoms with Crippen molar-refractivity contribution < 1.29 is 44.8 Å². The number of aryl methyl sites for hydroxylation is 2. The summed E-state index contributed by atoms with van der Waals surface area (Å²) in [6, 6.07) is 43.1. The van der Waals surface area contributed by atoms with Crippen LogP contribution in [-0.4, -0.2) is 4.82 Å². The fourth-order valence-electron chi connectivity index (χ4n) is 4.32. The molecular weight excluding hydrogens is 515 g/mol. The quantitative estimate of drug-likeness (QED) is 0.233. The molecule has 0 fully saturated rings. The van der Waals surface area contributed by atoms with Crippen molar-refractivity contribution in [2.24, 2.45) is 0 Å². The first-order valence-electron chi connectivity index (χ1n) is 11.5. The minimum Gasteiger partial charge on any atom is -1.00 e. The molecule has 0 bridgehead atoms. The SMILES string of the molecule is Cc1c[cH-]c2ccc(-c3ccccc3)cc12.Cc1c[cH-]c2ccc(-c3ccccc3)cc12.[CH2]=[Ti+2].[Cl-].[Cl-]. The Morgan fingerprint density at radius 1 is 0.500 bits per heavy atom. The molecule has 0 aromatic heterocycles. The molecule has 0 aliphatic rings. The van der Waals surface area contributed by atoms with E-state index in [1.807, 2.05) is 0 Å². The van der Waals surface area contributed by atoms with E-state index < -0.39 is 0 Å². The van der Waals surface area contributed by atoms with E-state index in [1.165, 1.54) is 54.9 Å². The number of fused-ring (bicyclic) bond motifs is 2. The third-order valence-electron chi connectivity index (χ3n) is 6.20. The van der Waals surface area contributed by atoms with Crippen LogP contribution in [0.1, 0.15) is 11.1 Å². The number of benzene rings is 4. The number of halogens is 2. The predicted molar refractivity (Wildman–Crippen MR) is 147 cm³/mol. The summed E-state index contributed by atoms with van der Waals surface area (Å²) >= 11 is 1.75. The molecule has 0 saturated heterocycles. The maximum absolute atomic E-state index is 3.25. The summed E-state index contributed by atoms with van der Waals surface area (Å²) in [4.78, 5) is 3.25. The number of hydrogen-bond acceptors (Lipinski definition) is 0. The zero-order chi connectivity index (χ0) is 23.9. The van der Waals surface area contributed by atoms with E-state index in [9.17, 15) is 0 Å². The maximum Gasteiger partial charge on any atom is -1.00 e. The van der Waals surface area contributed by atoms with E-state index in [0.717, 1.165) is 0 Å². The third kappa shape index (κ3) is 6.72. The first-order valence-corrected chi connectivity index (χ1v) is 12.6. The first-order chi connectivity index (χ1) is 16.7. The van der Waals surface area contributed by atoms with Gasteiger partial charge in [-0.2, -0.15) is 23.3 Å². The average Bonchev–Trinajstić information content (AvgIpc) is 3.48. The molecule has 0 spiro atoms. The Hall–Kier alpha value is -2.74. The minimum absolute atomic E-state index is 0. The third-order valence-corrected chi connectivity index (χ3v) is 6.20. The number of rotatable bonds is 2. The van der Waals surface area contributed by atoms with Crippen LogP contribution in [0.5, 0.6) is 0 Å². The fourth-order valence-corrected chi connectivity index (χ4v) is 4.32. The van der Waals surface area contributed by atoms with Crippen molar-refractivity contribution in [3.05, 3.63) is 132 Å². The molecule has 0 amide bonds. The van der Waals surface area contributed by atoms with Gasteiger partial charge in [-0.3, -0.25) is 0 Å². The van der Waals surface area contributed by atoms with Gasteiger partial charge >= 0.3 is 24.8 Å². The van der Waals surface area contributed by atoms with Crippen LogP contribution < -0.4 is 24.8 Å². The molecule has 0 N–H and O–H groups in total. The zero-order valence-electron chi connectivity index (χ0n) is 20.5. The van der Waals surface area contributed by atoms with Crippen LogP contribution in [0.4, 0.5) is 0 Å². The molecule has 0 nitrogen and oxygen atoms in total. The fraction of sp³-hybridized carbons (Fsp3) is 0.0606. The molecule has 0 saturated carbocycles. The van der Waals surface area contributed by atoms with Crippen molar-refractivity contribution in [3.63, 3.8) is 0 Å². The molecule has 3 heteroatoms. The van der Waals surface area contributed by atoms with Crippen LogP contribution in [0.3, 0.4) is 0 Å². The van der Waals surface area contributed by atoms with Gasteiger partial charge in [0.1, 0.15) is 0 Å². The molecule has 0 aliphatic heterocycles. The molecule has 0 aliphatic carbocycles. The van der Waals surface area contributed by atoms with Gasteiger partial charge < -0.3 is 24.8 Å². The Bertz CT molecular complexity index is 1380. The van der Waals surface area contributed by atoms with Gasteiger partial charge in [0.15, 0.2) is 0 Å². The van der Waals surface area contributed by atoms with E-state index in [-0.39, 0.29) is 24.8 Å². The van der Waals surface area contributed by atoms with Crippen molar-refractivity contribution in [2.45, 2.75) is 13.8 Å². The van der Waals surface area contributed by atoms with Crippen LogP contribution >= 0.6 is 0 Å². The normalized spacial score (nSPS) is 9.78. The van der Waals surface area contributed by atoms with Crippen LogP contribution in [0.2, 0.25) is 0 Å². The van der Waals surface area contributed by atoms with E-state index in [4.69, 9.17) is 0 Å². The zero-order valence-corrected chi connectivity index (χ0v) is 23.6. The minimum atomic E-state index is 0. The second-order valence-electron chi connectivity index (χ2n) is 8.37. The van der Waals surface area contributed by atoms with Gasteiger partial charge in [-0.1, -0.05) is 98.8 Å². The average molecular weight is 543 g/mol. The van der Waals surface area contributed by atoms with Crippen LogP contribution in [-0.2, 0) is 20.0 Å². The van der Waals surface area contributed by atoms with Crippen molar-refractivity contribution in [2.75, 3.05) is 0 Å². The smallest absolute Gasteiger partial charge is 1.00 e.